The third-order valence-corrected chi connectivity index (χ3v) is 4.72. The van der Waals surface area contributed by atoms with Gasteiger partial charge in [-0.1, -0.05) is 60.7 Å². The van der Waals surface area contributed by atoms with Crippen molar-refractivity contribution >= 4 is 18.3 Å². The highest BCUT2D eigenvalue weighted by molar-refractivity contribution is 5.85. The number of aliphatic hydroxyl groups excluding tert-OH is 1. The fourth-order valence-electron chi connectivity index (χ4n) is 2.97. The fraction of sp³-hybridized carbons (Fsp3) is 0.269. The number of carbonyl (C=O) groups excluding carboxylic acids is 1. The van der Waals surface area contributed by atoms with Crippen molar-refractivity contribution in [2.24, 2.45) is 0 Å². The lowest BCUT2D eigenvalue weighted by Gasteiger charge is -2.13. The molecule has 1 atom stereocenters. The number of ether oxygens (including phenoxy) is 2. The Morgan fingerprint density at radius 1 is 0.824 bits per heavy atom. The zero-order valence-electron chi connectivity index (χ0n) is 18.9. The number of hydroxylamine groups is 1. The number of amides is 1. The van der Waals surface area contributed by atoms with E-state index in [1.54, 1.807) is 0 Å². The van der Waals surface area contributed by atoms with Crippen LogP contribution in [-0.2, 0) is 22.7 Å². The van der Waals surface area contributed by atoms with Crippen LogP contribution in [0.4, 0.5) is 0 Å². The molecule has 0 bridgehead atoms. The van der Waals surface area contributed by atoms with Crippen LogP contribution in [0.15, 0.2) is 84.9 Å². The maximum atomic E-state index is 11.8. The van der Waals surface area contributed by atoms with Crippen LogP contribution in [0.1, 0.15) is 11.1 Å². The van der Waals surface area contributed by atoms with Gasteiger partial charge < -0.3 is 19.9 Å². The summed E-state index contributed by atoms with van der Waals surface area (Å²) in [5, 5.41) is 13.2. The second kappa shape index (κ2) is 15.7. The second-order valence-electron chi connectivity index (χ2n) is 7.46. The van der Waals surface area contributed by atoms with Crippen LogP contribution in [0.5, 0.6) is 11.5 Å². The Kier molecular flexibility index (Phi) is 12.5. The van der Waals surface area contributed by atoms with E-state index in [1.807, 2.05) is 84.9 Å². The van der Waals surface area contributed by atoms with E-state index >= 15 is 0 Å². The number of aliphatic hydroxyl groups is 1. The summed E-state index contributed by atoms with van der Waals surface area (Å²) in [7, 11) is 0. The largest absolute Gasteiger partial charge is 0.491 e. The van der Waals surface area contributed by atoms with Crippen LogP contribution < -0.4 is 20.3 Å². The molecular weight excluding hydrogens is 456 g/mol. The number of hydrogen-bond donors (Lipinski definition) is 3. The van der Waals surface area contributed by atoms with Crippen LogP contribution in [0.2, 0.25) is 0 Å². The summed E-state index contributed by atoms with van der Waals surface area (Å²) in [4.78, 5) is 17.0. The Balaban J connectivity index is 0.00000408. The smallest absolute Gasteiger partial charge is 0.281 e. The molecule has 0 aliphatic rings. The molecule has 1 unspecified atom stereocenters. The molecule has 1 amide bonds. The third-order valence-electron chi connectivity index (χ3n) is 4.72. The van der Waals surface area contributed by atoms with E-state index in [0.29, 0.717) is 18.9 Å². The molecule has 0 aliphatic carbocycles. The molecule has 3 rings (SSSR count). The third kappa shape index (κ3) is 10.7. The SMILES string of the molecule is Cl.O=C(COc1ccc(CCNCC(O)COc2ccccc2)cc1)NOCc1ccccc1. The molecule has 0 radical (unpaired) electrons. The molecule has 0 aromatic heterocycles. The summed E-state index contributed by atoms with van der Waals surface area (Å²) in [5.74, 6) is 1.00. The highest BCUT2D eigenvalue weighted by Gasteiger charge is 2.06. The van der Waals surface area contributed by atoms with E-state index in [1.165, 1.54) is 0 Å². The molecule has 0 saturated heterocycles. The van der Waals surface area contributed by atoms with Crippen LogP contribution in [0.3, 0.4) is 0 Å². The second-order valence-corrected chi connectivity index (χ2v) is 7.46. The first kappa shape index (κ1) is 27.1. The Bertz CT molecular complexity index is 942. The Labute approximate surface area is 206 Å². The van der Waals surface area contributed by atoms with Gasteiger partial charge in [0, 0.05) is 6.54 Å². The van der Waals surface area contributed by atoms with Gasteiger partial charge in [-0.05, 0) is 48.4 Å². The number of rotatable bonds is 14. The standard InChI is InChI=1S/C26H30N2O5.ClH/c29-23(19-31-24-9-5-2-6-10-24)17-27-16-15-21-11-13-25(14-12-21)32-20-26(30)28-33-18-22-7-3-1-4-8-22;/h1-14,23,27,29H,15-20H2,(H,28,30);1H. The molecule has 0 fully saturated rings. The van der Waals surface area contributed by atoms with Crippen molar-refractivity contribution < 1.29 is 24.2 Å². The van der Waals surface area contributed by atoms with Crippen molar-refractivity contribution in [3.05, 3.63) is 96.1 Å². The van der Waals surface area contributed by atoms with Crippen molar-refractivity contribution in [2.75, 3.05) is 26.3 Å². The molecule has 3 aromatic rings. The minimum atomic E-state index is -0.580. The average molecular weight is 487 g/mol. The van der Waals surface area contributed by atoms with Crippen LogP contribution in [0.25, 0.3) is 0 Å². The summed E-state index contributed by atoms with van der Waals surface area (Å²) in [6.07, 6.45) is 0.226. The molecule has 34 heavy (non-hydrogen) atoms. The summed E-state index contributed by atoms with van der Waals surface area (Å²) in [6, 6.07) is 26.6. The first-order chi connectivity index (χ1) is 16.2. The van der Waals surface area contributed by atoms with Gasteiger partial charge in [0.1, 0.15) is 24.2 Å². The van der Waals surface area contributed by atoms with Gasteiger partial charge in [-0.3, -0.25) is 9.63 Å². The van der Waals surface area contributed by atoms with Crippen molar-refractivity contribution in [2.45, 2.75) is 19.1 Å². The molecule has 0 saturated carbocycles. The van der Waals surface area contributed by atoms with Crippen molar-refractivity contribution in [1.82, 2.24) is 10.8 Å². The molecule has 7 nitrogen and oxygen atoms in total. The van der Waals surface area contributed by atoms with Gasteiger partial charge in [-0.15, -0.1) is 12.4 Å². The van der Waals surface area contributed by atoms with Crippen molar-refractivity contribution in [1.29, 1.82) is 0 Å². The minimum Gasteiger partial charge on any atom is -0.491 e. The van der Waals surface area contributed by atoms with Crippen molar-refractivity contribution in [3.8, 4) is 11.5 Å². The summed E-state index contributed by atoms with van der Waals surface area (Å²) in [6.45, 7) is 1.60. The summed E-state index contributed by atoms with van der Waals surface area (Å²) >= 11 is 0. The van der Waals surface area contributed by atoms with Crippen LogP contribution in [0, 0.1) is 0 Å². The summed E-state index contributed by atoms with van der Waals surface area (Å²) in [5.41, 5.74) is 4.47. The Morgan fingerprint density at radius 2 is 1.47 bits per heavy atom. The maximum Gasteiger partial charge on any atom is 0.281 e. The van der Waals surface area contributed by atoms with E-state index in [-0.39, 0.29) is 31.5 Å². The monoisotopic (exact) mass is 486 g/mol. The van der Waals surface area contributed by atoms with E-state index in [9.17, 15) is 9.90 Å². The first-order valence-corrected chi connectivity index (χ1v) is 10.9. The number of carbonyl (C=O) groups is 1. The summed E-state index contributed by atoms with van der Waals surface area (Å²) < 4.78 is 11.0. The maximum absolute atomic E-state index is 11.8. The number of nitrogens with one attached hydrogen (secondary N) is 2. The van der Waals surface area contributed by atoms with Crippen LogP contribution >= 0.6 is 12.4 Å². The zero-order chi connectivity index (χ0) is 23.1. The quantitative estimate of drug-likeness (QED) is 0.239. The Hall–Kier alpha value is -3.10. The number of halogens is 1. The highest BCUT2D eigenvalue weighted by Crippen LogP contribution is 2.12. The van der Waals surface area contributed by atoms with Gasteiger partial charge in [-0.2, -0.15) is 0 Å². The van der Waals surface area contributed by atoms with Gasteiger partial charge in [0.05, 0.1) is 6.61 Å². The fourth-order valence-corrected chi connectivity index (χ4v) is 2.97. The van der Waals surface area contributed by atoms with Crippen molar-refractivity contribution in [3.63, 3.8) is 0 Å². The van der Waals surface area contributed by atoms with E-state index in [2.05, 4.69) is 10.8 Å². The van der Waals surface area contributed by atoms with Gasteiger partial charge in [-0.25, -0.2) is 5.48 Å². The van der Waals surface area contributed by atoms with Gasteiger partial charge in [0.25, 0.3) is 5.91 Å². The molecule has 0 aliphatic heterocycles. The lowest BCUT2D eigenvalue weighted by atomic mass is 10.1. The molecule has 0 spiro atoms. The molecule has 3 aromatic carbocycles. The number of para-hydroxylation sites is 1. The normalized spacial score (nSPS) is 11.2. The molecule has 8 heteroatoms. The molecule has 0 heterocycles. The highest BCUT2D eigenvalue weighted by atomic mass is 35.5. The topological polar surface area (TPSA) is 89.1 Å². The molecular formula is C26H31ClN2O5. The molecule has 3 N–H and O–H groups in total. The lowest BCUT2D eigenvalue weighted by molar-refractivity contribution is -0.136. The number of benzene rings is 3. The Morgan fingerprint density at radius 3 is 2.18 bits per heavy atom. The minimum absolute atomic E-state index is 0. The lowest BCUT2D eigenvalue weighted by Crippen LogP contribution is -2.32. The molecule has 182 valence electrons. The van der Waals surface area contributed by atoms with Gasteiger partial charge in [0.2, 0.25) is 0 Å². The predicted octanol–water partition coefficient (Wildman–Crippen LogP) is 3.31. The van der Waals surface area contributed by atoms with E-state index in [0.717, 1.165) is 29.8 Å². The van der Waals surface area contributed by atoms with Gasteiger partial charge in [0.15, 0.2) is 6.61 Å². The van der Waals surface area contributed by atoms with E-state index < -0.39 is 6.10 Å². The van der Waals surface area contributed by atoms with Gasteiger partial charge >= 0.3 is 0 Å². The first-order valence-electron chi connectivity index (χ1n) is 10.9. The average Bonchev–Trinajstić information content (AvgIpc) is 2.86. The number of hydrogen-bond acceptors (Lipinski definition) is 6. The van der Waals surface area contributed by atoms with Crippen LogP contribution in [-0.4, -0.2) is 43.4 Å². The van der Waals surface area contributed by atoms with E-state index in [4.69, 9.17) is 14.3 Å². The zero-order valence-corrected chi connectivity index (χ0v) is 19.7. The predicted molar refractivity (Wildman–Crippen MR) is 133 cm³/mol.